The summed E-state index contributed by atoms with van der Waals surface area (Å²) in [5, 5.41) is 2.87. The second-order valence-corrected chi connectivity index (χ2v) is 7.34. The van der Waals surface area contributed by atoms with E-state index >= 15 is 0 Å². The smallest absolute Gasteiger partial charge is 0.229 e. The van der Waals surface area contributed by atoms with E-state index in [1.54, 1.807) is 18.2 Å². The first-order chi connectivity index (χ1) is 13.9. The molecule has 148 valence electrons. The molecule has 1 N–H and O–H groups in total. The number of anilines is 2. The first kappa shape index (κ1) is 18.9. The summed E-state index contributed by atoms with van der Waals surface area (Å²) in [4.78, 5) is 26.3. The van der Waals surface area contributed by atoms with Crippen molar-refractivity contribution in [2.45, 2.75) is 20.3 Å². The average Bonchev–Trinajstić information content (AvgIpc) is 3.25. The molecular formula is C23H22FN3O2. The lowest BCUT2D eigenvalue weighted by Gasteiger charge is -2.17. The first-order valence-corrected chi connectivity index (χ1v) is 9.55. The predicted molar refractivity (Wildman–Crippen MR) is 111 cm³/mol. The third-order valence-corrected chi connectivity index (χ3v) is 5.30. The topological polar surface area (TPSA) is 54.3 Å². The van der Waals surface area contributed by atoms with Crippen molar-refractivity contribution in [2.24, 2.45) is 5.92 Å². The van der Waals surface area contributed by atoms with Crippen LogP contribution in [0.15, 0.2) is 60.7 Å². The molecule has 2 heterocycles. The number of rotatable bonds is 4. The summed E-state index contributed by atoms with van der Waals surface area (Å²) in [5.74, 6) is -1.47. The summed E-state index contributed by atoms with van der Waals surface area (Å²) in [5.41, 5.74) is 4.17. The van der Waals surface area contributed by atoms with Gasteiger partial charge in [0.2, 0.25) is 11.8 Å². The Balaban J connectivity index is 1.45. The third kappa shape index (κ3) is 3.66. The predicted octanol–water partition coefficient (Wildman–Crippen LogP) is 4.22. The maximum Gasteiger partial charge on any atom is 0.229 e. The normalized spacial score (nSPS) is 16.3. The summed E-state index contributed by atoms with van der Waals surface area (Å²) >= 11 is 0. The van der Waals surface area contributed by atoms with E-state index in [1.807, 2.05) is 38.1 Å². The first-order valence-electron chi connectivity index (χ1n) is 9.55. The van der Waals surface area contributed by atoms with E-state index in [1.165, 1.54) is 11.0 Å². The van der Waals surface area contributed by atoms with E-state index in [0.29, 0.717) is 5.69 Å². The fourth-order valence-electron chi connectivity index (χ4n) is 3.80. The Hall–Kier alpha value is -3.41. The molecule has 5 nitrogen and oxygen atoms in total. The second kappa shape index (κ2) is 7.54. The standard InChI is InChI=1S/C23H22FN3O2/c1-15-7-8-16(2)27(15)19-11-9-18(10-12-19)25-23(29)17-13-22(28)26(14-17)21-6-4-3-5-20(21)24/h3-12,17H,13-14H2,1-2H3,(H,25,29)/t17-/m0/s1. The molecule has 0 bridgehead atoms. The van der Waals surface area contributed by atoms with Gasteiger partial charge in [0.25, 0.3) is 0 Å². The number of para-hydroxylation sites is 1. The van der Waals surface area contributed by atoms with Gasteiger partial charge in [-0.1, -0.05) is 12.1 Å². The number of nitrogens with one attached hydrogen (secondary N) is 1. The number of nitrogens with zero attached hydrogens (tertiary/aromatic N) is 2. The minimum absolute atomic E-state index is 0.0695. The molecule has 4 rings (SSSR count). The van der Waals surface area contributed by atoms with Gasteiger partial charge >= 0.3 is 0 Å². The Labute approximate surface area is 168 Å². The monoisotopic (exact) mass is 391 g/mol. The zero-order valence-corrected chi connectivity index (χ0v) is 16.4. The number of carbonyl (C=O) groups is 2. The third-order valence-electron chi connectivity index (χ3n) is 5.30. The van der Waals surface area contributed by atoms with Crippen LogP contribution in [0.1, 0.15) is 17.8 Å². The molecule has 6 heteroatoms. The van der Waals surface area contributed by atoms with Gasteiger partial charge in [-0.25, -0.2) is 4.39 Å². The quantitative estimate of drug-likeness (QED) is 0.724. The van der Waals surface area contributed by atoms with Crippen LogP contribution in [0.2, 0.25) is 0 Å². The maximum absolute atomic E-state index is 14.0. The molecule has 0 aliphatic carbocycles. The lowest BCUT2D eigenvalue weighted by molar-refractivity contribution is -0.122. The Morgan fingerprint density at radius 2 is 1.66 bits per heavy atom. The number of aryl methyl sites for hydroxylation is 2. The number of hydrogen-bond acceptors (Lipinski definition) is 2. The fraction of sp³-hybridized carbons (Fsp3) is 0.217. The van der Waals surface area contributed by atoms with Crippen LogP contribution < -0.4 is 10.2 Å². The molecule has 1 aliphatic heterocycles. The summed E-state index contributed by atoms with van der Waals surface area (Å²) in [6.45, 7) is 4.26. The van der Waals surface area contributed by atoms with Gasteiger partial charge in [-0.3, -0.25) is 9.59 Å². The number of hydrogen-bond donors (Lipinski definition) is 1. The van der Waals surface area contributed by atoms with Gasteiger partial charge in [0.1, 0.15) is 5.82 Å². The second-order valence-electron chi connectivity index (χ2n) is 7.34. The highest BCUT2D eigenvalue weighted by atomic mass is 19.1. The fourth-order valence-corrected chi connectivity index (χ4v) is 3.80. The van der Waals surface area contributed by atoms with Crippen molar-refractivity contribution < 1.29 is 14.0 Å². The van der Waals surface area contributed by atoms with Crippen molar-refractivity contribution in [3.05, 3.63) is 77.9 Å². The molecule has 1 atom stereocenters. The van der Waals surface area contributed by atoms with Gasteiger partial charge in [0.05, 0.1) is 11.6 Å². The largest absolute Gasteiger partial charge is 0.326 e. The molecule has 3 aromatic rings. The van der Waals surface area contributed by atoms with Gasteiger partial charge < -0.3 is 14.8 Å². The molecule has 1 fully saturated rings. The zero-order chi connectivity index (χ0) is 20.5. The molecule has 2 amide bonds. The number of carbonyl (C=O) groups excluding carboxylic acids is 2. The van der Waals surface area contributed by atoms with Gasteiger partial charge in [-0.05, 0) is 62.4 Å². The van der Waals surface area contributed by atoms with Crippen LogP contribution in [0.3, 0.4) is 0 Å². The summed E-state index contributed by atoms with van der Waals surface area (Å²) in [6, 6.07) is 17.8. The van der Waals surface area contributed by atoms with Crippen LogP contribution in [0.4, 0.5) is 15.8 Å². The Morgan fingerprint density at radius 3 is 2.31 bits per heavy atom. The van der Waals surface area contributed by atoms with Crippen molar-refractivity contribution in [3.63, 3.8) is 0 Å². The molecule has 0 radical (unpaired) electrons. The van der Waals surface area contributed by atoms with Crippen molar-refractivity contribution in [2.75, 3.05) is 16.8 Å². The van der Waals surface area contributed by atoms with Gasteiger partial charge in [-0.15, -0.1) is 0 Å². The molecule has 0 spiro atoms. The van der Waals surface area contributed by atoms with Gasteiger partial charge in [0.15, 0.2) is 0 Å². The lowest BCUT2D eigenvalue weighted by Crippen LogP contribution is -2.28. The highest BCUT2D eigenvalue weighted by molar-refractivity contribution is 6.03. The summed E-state index contributed by atoms with van der Waals surface area (Å²) in [7, 11) is 0. The van der Waals surface area contributed by atoms with E-state index in [9.17, 15) is 14.0 Å². The van der Waals surface area contributed by atoms with E-state index in [2.05, 4.69) is 22.0 Å². The molecular weight excluding hydrogens is 369 g/mol. The summed E-state index contributed by atoms with van der Waals surface area (Å²) in [6.07, 6.45) is 0.0695. The van der Waals surface area contributed by atoms with Gasteiger partial charge in [0, 0.05) is 35.7 Å². The number of aromatic nitrogens is 1. The molecule has 0 unspecified atom stereocenters. The van der Waals surface area contributed by atoms with E-state index in [0.717, 1.165) is 17.1 Å². The van der Waals surface area contributed by atoms with E-state index < -0.39 is 11.7 Å². The van der Waals surface area contributed by atoms with E-state index in [-0.39, 0.29) is 30.5 Å². The van der Waals surface area contributed by atoms with E-state index in [4.69, 9.17) is 0 Å². The number of benzene rings is 2. The summed E-state index contributed by atoms with van der Waals surface area (Å²) < 4.78 is 16.1. The van der Waals surface area contributed by atoms with Crippen LogP contribution in [-0.4, -0.2) is 22.9 Å². The Morgan fingerprint density at radius 1 is 1.00 bits per heavy atom. The molecule has 2 aromatic carbocycles. The van der Waals surface area contributed by atoms with Crippen molar-refractivity contribution in [3.8, 4) is 5.69 Å². The van der Waals surface area contributed by atoms with Crippen LogP contribution in [0.25, 0.3) is 5.69 Å². The molecule has 1 saturated heterocycles. The average molecular weight is 391 g/mol. The maximum atomic E-state index is 14.0. The molecule has 1 aromatic heterocycles. The molecule has 1 aliphatic rings. The SMILES string of the molecule is Cc1ccc(C)n1-c1ccc(NC(=O)[C@H]2CC(=O)N(c3ccccc3F)C2)cc1. The minimum atomic E-state index is -0.518. The Kier molecular flexibility index (Phi) is 4.92. The minimum Gasteiger partial charge on any atom is -0.326 e. The number of amides is 2. The lowest BCUT2D eigenvalue weighted by atomic mass is 10.1. The highest BCUT2D eigenvalue weighted by Crippen LogP contribution is 2.28. The van der Waals surface area contributed by atoms with Crippen LogP contribution in [0.5, 0.6) is 0 Å². The zero-order valence-electron chi connectivity index (χ0n) is 16.4. The van der Waals surface area contributed by atoms with Crippen LogP contribution in [-0.2, 0) is 9.59 Å². The molecule has 29 heavy (non-hydrogen) atoms. The van der Waals surface area contributed by atoms with Gasteiger partial charge in [-0.2, -0.15) is 0 Å². The number of halogens is 1. The molecule has 0 saturated carbocycles. The highest BCUT2D eigenvalue weighted by Gasteiger charge is 2.36. The van der Waals surface area contributed by atoms with Crippen molar-refractivity contribution in [1.82, 2.24) is 4.57 Å². The van der Waals surface area contributed by atoms with Crippen LogP contribution in [0, 0.1) is 25.6 Å². The Bertz CT molecular complexity index is 1050. The van der Waals surface area contributed by atoms with Crippen molar-refractivity contribution >= 4 is 23.2 Å². The van der Waals surface area contributed by atoms with Crippen LogP contribution >= 0.6 is 0 Å². The van der Waals surface area contributed by atoms with Crippen molar-refractivity contribution in [1.29, 1.82) is 0 Å².